The van der Waals surface area contributed by atoms with Gasteiger partial charge in [-0.3, -0.25) is 10.1 Å². The number of fused-ring (bicyclic) bond motifs is 1. The molecule has 0 bridgehead atoms. The summed E-state index contributed by atoms with van der Waals surface area (Å²) in [6.07, 6.45) is 0.775. The van der Waals surface area contributed by atoms with E-state index in [-0.39, 0.29) is 5.69 Å². The van der Waals surface area contributed by atoms with Crippen molar-refractivity contribution in [2.45, 2.75) is 13.0 Å². The lowest BCUT2D eigenvalue weighted by Gasteiger charge is -2.31. The Morgan fingerprint density at radius 2 is 2.10 bits per heavy atom. The molecule has 2 aromatic carbocycles. The fourth-order valence-corrected chi connectivity index (χ4v) is 2.68. The van der Waals surface area contributed by atoms with Gasteiger partial charge in [0.2, 0.25) is 0 Å². The van der Waals surface area contributed by atoms with E-state index in [9.17, 15) is 14.5 Å². The Kier molecular flexibility index (Phi) is 3.21. The van der Waals surface area contributed by atoms with Gasteiger partial charge in [-0.15, -0.1) is 0 Å². The molecule has 0 aromatic heterocycles. The smallest absolute Gasteiger partial charge is 0.272 e. The predicted molar refractivity (Wildman–Crippen MR) is 78.7 cm³/mol. The number of hydrogen-bond donors (Lipinski definition) is 1. The molecule has 5 nitrogen and oxygen atoms in total. The van der Waals surface area contributed by atoms with Crippen LogP contribution in [0, 0.1) is 15.9 Å². The molecule has 0 saturated carbocycles. The molecule has 0 amide bonds. The Labute approximate surface area is 120 Å². The SMILES string of the molecule is Nc1cccc2c1CN(c1ccc([N+](=O)[O-])cc1F)CC2. The lowest BCUT2D eigenvalue weighted by atomic mass is 9.97. The van der Waals surface area contributed by atoms with E-state index in [0.717, 1.165) is 18.1 Å². The van der Waals surface area contributed by atoms with Gasteiger partial charge in [0.05, 0.1) is 16.7 Å². The molecule has 6 heteroatoms. The summed E-state index contributed by atoms with van der Waals surface area (Å²) in [6.45, 7) is 1.17. The van der Waals surface area contributed by atoms with Crippen LogP contribution < -0.4 is 10.6 Å². The van der Waals surface area contributed by atoms with Crippen molar-refractivity contribution in [2.24, 2.45) is 0 Å². The maximum absolute atomic E-state index is 14.1. The molecule has 2 aromatic rings. The Morgan fingerprint density at radius 1 is 1.29 bits per heavy atom. The minimum Gasteiger partial charge on any atom is -0.398 e. The van der Waals surface area contributed by atoms with Gasteiger partial charge in [0.1, 0.15) is 0 Å². The molecule has 0 unspecified atom stereocenters. The molecule has 0 radical (unpaired) electrons. The molecule has 0 fully saturated rings. The summed E-state index contributed by atoms with van der Waals surface area (Å²) in [6, 6.07) is 9.50. The average molecular weight is 287 g/mol. The fraction of sp³-hybridized carbons (Fsp3) is 0.200. The molecule has 1 aliphatic heterocycles. The molecule has 0 aliphatic carbocycles. The van der Waals surface area contributed by atoms with Crippen LogP contribution in [0.4, 0.5) is 21.5 Å². The zero-order valence-electron chi connectivity index (χ0n) is 11.3. The van der Waals surface area contributed by atoms with Gasteiger partial charge in [-0.2, -0.15) is 0 Å². The molecule has 2 N–H and O–H groups in total. The highest BCUT2D eigenvalue weighted by Gasteiger charge is 2.21. The van der Waals surface area contributed by atoms with Crippen LogP contribution >= 0.6 is 0 Å². The monoisotopic (exact) mass is 287 g/mol. The number of nitrogen functional groups attached to an aromatic ring is 1. The minimum atomic E-state index is -0.601. The van der Waals surface area contributed by atoms with Crippen molar-refractivity contribution in [3.63, 3.8) is 0 Å². The second kappa shape index (κ2) is 5.05. The summed E-state index contributed by atoms with van der Waals surface area (Å²) in [5.74, 6) is -0.581. The topological polar surface area (TPSA) is 72.4 Å². The third-order valence-corrected chi connectivity index (χ3v) is 3.79. The van der Waals surface area contributed by atoms with Crippen molar-refractivity contribution < 1.29 is 9.31 Å². The van der Waals surface area contributed by atoms with Gasteiger partial charge in [-0.1, -0.05) is 12.1 Å². The van der Waals surface area contributed by atoms with E-state index < -0.39 is 10.7 Å². The van der Waals surface area contributed by atoms with E-state index in [2.05, 4.69) is 0 Å². The highest BCUT2D eigenvalue weighted by atomic mass is 19.1. The van der Waals surface area contributed by atoms with Gasteiger partial charge in [0.25, 0.3) is 5.69 Å². The molecule has 0 spiro atoms. The number of benzene rings is 2. The van der Waals surface area contributed by atoms with Crippen molar-refractivity contribution in [3.05, 3.63) is 63.5 Å². The van der Waals surface area contributed by atoms with Crippen LogP contribution in [0.25, 0.3) is 0 Å². The van der Waals surface area contributed by atoms with Gasteiger partial charge < -0.3 is 10.6 Å². The van der Waals surface area contributed by atoms with Crippen molar-refractivity contribution >= 4 is 17.1 Å². The van der Waals surface area contributed by atoms with Gasteiger partial charge in [0, 0.05) is 24.8 Å². The number of nitrogens with zero attached hydrogens (tertiary/aromatic N) is 2. The summed E-state index contributed by atoms with van der Waals surface area (Å²) in [5.41, 5.74) is 8.97. The van der Waals surface area contributed by atoms with Crippen LogP contribution in [-0.4, -0.2) is 11.5 Å². The zero-order valence-corrected chi connectivity index (χ0v) is 11.3. The molecule has 0 atom stereocenters. The van der Waals surface area contributed by atoms with E-state index in [0.29, 0.717) is 24.5 Å². The standard InChI is InChI=1S/C15H14FN3O2/c16-13-8-11(19(20)21)4-5-15(13)18-7-6-10-2-1-3-14(17)12(10)9-18/h1-5,8H,6-7,9,17H2. The van der Waals surface area contributed by atoms with Crippen molar-refractivity contribution in [1.82, 2.24) is 0 Å². The number of hydrogen-bond acceptors (Lipinski definition) is 4. The summed E-state index contributed by atoms with van der Waals surface area (Å²) in [7, 11) is 0. The first-order valence-corrected chi connectivity index (χ1v) is 6.61. The first-order chi connectivity index (χ1) is 10.1. The second-order valence-corrected chi connectivity index (χ2v) is 5.05. The normalized spacial score (nSPS) is 13.9. The lowest BCUT2D eigenvalue weighted by molar-refractivity contribution is -0.385. The van der Waals surface area contributed by atoms with E-state index in [4.69, 9.17) is 5.73 Å². The number of nitro benzene ring substituents is 1. The first-order valence-electron chi connectivity index (χ1n) is 6.61. The van der Waals surface area contributed by atoms with Gasteiger partial charge in [-0.25, -0.2) is 4.39 Å². The Morgan fingerprint density at radius 3 is 2.81 bits per heavy atom. The van der Waals surface area contributed by atoms with Crippen LogP contribution in [0.15, 0.2) is 36.4 Å². The highest BCUT2D eigenvalue weighted by molar-refractivity contribution is 5.58. The maximum Gasteiger partial charge on any atom is 0.272 e. The number of nitrogens with two attached hydrogens (primary N) is 1. The summed E-state index contributed by atoms with van der Waals surface area (Å²) < 4.78 is 14.1. The fourth-order valence-electron chi connectivity index (χ4n) is 2.68. The summed E-state index contributed by atoms with van der Waals surface area (Å²) in [4.78, 5) is 11.9. The van der Waals surface area contributed by atoms with Gasteiger partial charge in [0.15, 0.2) is 5.82 Å². The molecule has 108 valence electrons. The summed E-state index contributed by atoms with van der Waals surface area (Å²) in [5, 5.41) is 10.7. The van der Waals surface area contributed by atoms with Gasteiger partial charge in [-0.05, 0) is 29.7 Å². The van der Waals surface area contributed by atoms with Crippen LogP contribution in [0.2, 0.25) is 0 Å². The molecule has 1 heterocycles. The molecular weight excluding hydrogens is 273 g/mol. The van der Waals surface area contributed by atoms with E-state index in [1.807, 2.05) is 23.1 Å². The molecule has 21 heavy (non-hydrogen) atoms. The predicted octanol–water partition coefficient (Wildman–Crippen LogP) is 2.88. The third-order valence-electron chi connectivity index (χ3n) is 3.79. The Bertz CT molecular complexity index is 718. The van der Waals surface area contributed by atoms with E-state index in [1.54, 1.807) is 0 Å². The van der Waals surface area contributed by atoms with Gasteiger partial charge >= 0.3 is 0 Å². The number of rotatable bonds is 2. The lowest BCUT2D eigenvalue weighted by Crippen LogP contribution is -2.31. The first kappa shape index (κ1) is 13.4. The quantitative estimate of drug-likeness (QED) is 0.523. The average Bonchev–Trinajstić information content (AvgIpc) is 2.47. The summed E-state index contributed by atoms with van der Waals surface area (Å²) >= 11 is 0. The van der Waals surface area contributed by atoms with E-state index in [1.165, 1.54) is 17.7 Å². The molecule has 1 aliphatic rings. The van der Waals surface area contributed by atoms with Crippen molar-refractivity contribution in [2.75, 3.05) is 17.2 Å². The van der Waals surface area contributed by atoms with Crippen molar-refractivity contribution in [1.29, 1.82) is 0 Å². The number of non-ortho nitro benzene ring substituents is 1. The molecule has 0 saturated heterocycles. The number of nitro groups is 1. The van der Waals surface area contributed by atoms with Crippen molar-refractivity contribution in [3.8, 4) is 0 Å². The largest absolute Gasteiger partial charge is 0.398 e. The zero-order chi connectivity index (χ0) is 15.0. The van der Waals surface area contributed by atoms with Crippen LogP contribution in [0.3, 0.4) is 0 Å². The Balaban J connectivity index is 1.93. The second-order valence-electron chi connectivity index (χ2n) is 5.05. The van der Waals surface area contributed by atoms with Crippen LogP contribution in [0.1, 0.15) is 11.1 Å². The van der Waals surface area contributed by atoms with E-state index >= 15 is 0 Å². The number of anilines is 2. The Hall–Kier alpha value is -2.63. The third kappa shape index (κ3) is 2.40. The van der Waals surface area contributed by atoms with Crippen LogP contribution in [-0.2, 0) is 13.0 Å². The van der Waals surface area contributed by atoms with Crippen LogP contribution in [0.5, 0.6) is 0 Å². The minimum absolute atomic E-state index is 0.242. The molecular formula is C15H14FN3O2. The molecule has 3 rings (SSSR count). The highest BCUT2D eigenvalue weighted by Crippen LogP contribution is 2.30. The maximum atomic E-state index is 14.1. The number of halogens is 1.